The van der Waals surface area contributed by atoms with Gasteiger partial charge in [-0.2, -0.15) is 0 Å². The third kappa shape index (κ3) is 4.42. The smallest absolute Gasteiger partial charge is 0.269 e. The van der Waals surface area contributed by atoms with E-state index in [1.165, 1.54) is 30.0 Å². The van der Waals surface area contributed by atoms with Gasteiger partial charge in [-0.05, 0) is 12.0 Å². The molecule has 0 bridgehead atoms. The van der Waals surface area contributed by atoms with Crippen molar-refractivity contribution in [2.75, 3.05) is 0 Å². The Hall–Kier alpha value is -2.15. The van der Waals surface area contributed by atoms with Crippen LogP contribution in [0.5, 0.6) is 0 Å². The number of thioether (sulfide) groups is 1. The highest BCUT2D eigenvalue weighted by Gasteiger charge is 2.07. The van der Waals surface area contributed by atoms with Gasteiger partial charge in [-0.1, -0.05) is 37.2 Å². The lowest BCUT2D eigenvalue weighted by atomic mass is 10.2. The van der Waals surface area contributed by atoms with E-state index in [1.54, 1.807) is 6.07 Å². The zero-order valence-corrected chi connectivity index (χ0v) is 12.4. The first-order valence-corrected chi connectivity index (χ1v) is 7.53. The van der Waals surface area contributed by atoms with Gasteiger partial charge in [0.15, 0.2) is 5.16 Å². The van der Waals surface area contributed by atoms with Gasteiger partial charge >= 0.3 is 0 Å². The van der Waals surface area contributed by atoms with E-state index in [1.807, 2.05) is 13.0 Å². The van der Waals surface area contributed by atoms with Crippen LogP contribution in [0.1, 0.15) is 24.6 Å². The fourth-order valence-corrected chi connectivity index (χ4v) is 2.69. The average molecular weight is 305 g/mol. The normalized spacial score (nSPS) is 10.5. The number of aromatic nitrogens is 2. The minimum Gasteiger partial charge on any atom is -0.301 e. The Bertz CT molecular complexity index is 700. The molecule has 0 amide bonds. The molecule has 7 heteroatoms. The standard InChI is InChI=1S/C14H15N3O3S/c1-2-4-11-8-13(18)16-14(15-11)21-9-10-5-3-6-12(7-10)17(19)20/h3,5-8H,2,4,9H2,1H3,(H,15,16,18). The number of nitro groups is 1. The summed E-state index contributed by atoms with van der Waals surface area (Å²) in [5.41, 5.74) is 1.48. The lowest BCUT2D eigenvalue weighted by Gasteiger charge is -2.03. The maximum atomic E-state index is 11.5. The number of benzene rings is 1. The summed E-state index contributed by atoms with van der Waals surface area (Å²) in [6.07, 6.45) is 1.68. The number of aromatic amines is 1. The first-order chi connectivity index (χ1) is 10.1. The molecule has 0 aliphatic heterocycles. The van der Waals surface area contributed by atoms with Crippen LogP contribution in [0.25, 0.3) is 0 Å². The molecule has 0 unspecified atom stereocenters. The zero-order valence-electron chi connectivity index (χ0n) is 11.5. The monoisotopic (exact) mass is 305 g/mol. The van der Waals surface area contributed by atoms with Crippen molar-refractivity contribution in [2.45, 2.75) is 30.7 Å². The summed E-state index contributed by atoms with van der Waals surface area (Å²) in [6.45, 7) is 2.03. The lowest BCUT2D eigenvalue weighted by Crippen LogP contribution is -2.09. The third-order valence-corrected chi connectivity index (χ3v) is 3.72. The van der Waals surface area contributed by atoms with Crippen LogP contribution < -0.4 is 5.56 Å². The highest BCUT2D eigenvalue weighted by molar-refractivity contribution is 7.98. The van der Waals surface area contributed by atoms with Gasteiger partial charge in [-0.3, -0.25) is 14.9 Å². The van der Waals surface area contributed by atoms with Crippen molar-refractivity contribution in [3.63, 3.8) is 0 Å². The molecule has 0 saturated heterocycles. The molecule has 1 heterocycles. The minimum absolute atomic E-state index is 0.0642. The maximum absolute atomic E-state index is 11.5. The van der Waals surface area contributed by atoms with E-state index in [0.717, 1.165) is 24.1 Å². The Kier molecular flexibility index (Phi) is 5.10. The van der Waals surface area contributed by atoms with Crippen molar-refractivity contribution in [3.8, 4) is 0 Å². The van der Waals surface area contributed by atoms with E-state index < -0.39 is 4.92 Å². The first-order valence-electron chi connectivity index (χ1n) is 6.55. The van der Waals surface area contributed by atoms with Crippen LogP contribution in [0.15, 0.2) is 40.3 Å². The topological polar surface area (TPSA) is 88.9 Å². The van der Waals surface area contributed by atoms with E-state index in [-0.39, 0.29) is 11.2 Å². The van der Waals surface area contributed by atoms with Crippen LogP contribution in [0.2, 0.25) is 0 Å². The van der Waals surface area contributed by atoms with Gasteiger partial charge in [0.1, 0.15) is 0 Å². The summed E-state index contributed by atoms with van der Waals surface area (Å²) in [7, 11) is 0. The summed E-state index contributed by atoms with van der Waals surface area (Å²) in [5, 5.41) is 11.3. The molecular formula is C14H15N3O3S. The Morgan fingerprint density at radius 2 is 2.19 bits per heavy atom. The number of non-ortho nitro benzene ring substituents is 1. The fourth-order valence-electron chi connectivity index (χ4n) is 1.85. The number of nitrogens with zero attached hydrogens (tertiary/aromatic N) is 2. The quantitative estimate of drug-likeness (QED) is 0.383. The molecule has 0 spiro atoms. The molecule has 2 aromatic rings. The van der Waals surface area contributed by atoms with Crippen LogP contribution in [0.4, 0.5) is 5.69 Å². The minimum atomic E-state index is -0.420. The summed E-state index contributed by atoms with van der Waals surface area (Å²) in [5.74, 6) is 0.514. The van der Waals surface area contributed by atoms with Crippen molar-refractivity contribution >= 4 is 17.4 Å². The highest BCUT2D eigenvalue weighted by atomic mass is 32.2. The van der Waals surface area contributed by atoms with Crippen LogP contribution >= 0.6 is 11.8 Å². The van der Waals surface area contributed by atoms with Crippen molar-refractivity contribution in [2.24, 2.45) is 0 Å². The predicted molar refractivity (Wildman–Crippen MR) is 81.5 cm³/mol. The number of hydrogen-bond acceptors (Lipinski definition) is 5. The molecule has 6 nitrogen and oxygen atoms in total. The first kappa shape index (κ1) is 15.2. The largest absolute Gasteiger partial charge is 0.301 e. The van der Waals surface area contributed by atoms with Gasteiger partial charge < -0.3 is 4.98 Å². The summed E-state index contributed by atoms with van der Waals surface area (Å²) in [6, 6.07) is 7.95. The van der Waals surface area contributed by atoms with E-state index >= 15 is 0 Å². The van der Waals surface area contributed by atoms with Gasteiger partial charge in [0, 0.05) is 29.6 Å². The second kappa shape index (κ2) is 7.03. The Balaban J connectivity index is 2.11. The van der Waals surface area contributed by atoms with Gasteiger partial charge in [-0.15, -0.1) is 0 Å². The number of rotatable bonds is 6. The molecule has 21 heavy (non-hydrogen) atoms. The van der Waals surface area contributed by atoms with Gasteiger partial charge in [0.05, 0.1) is 4.92 Å². The number of hydrogen-bond donors (Lipinski definition) is 1. The molecule has 1 N–H and O–H groups in total. The fraction of sp³-hybridized carbons (Fsp3) is 0.286. The number of nitrogens with one attached hydrogen (secondary N) is 1. The molecule has 2 rings (SSSR count). The molecule has 1 aromatic carbocycles. The van der Waals surface area contributed by atoms with Gasteiger partial charge in [-0.25, -0.2) is 4.98 Å². The summed E-state index contributed by atoms with van der Waals surface area (Å²) >= 11 is 1.36. The van der Waals surface area contributed by atoms with Crippen LogP contribution in [-0.2, 0) is 12.2 Å². The van der Waals surface area contributed by atoms with Crippen LogP contribution in [-0.4, -0.2) is 14.9 Å². The highest BCUT2D eigenvalue weighted by Crippen LogP contribution is 2.21. The van der Waals surface area contributed by atoms with Crippen molar-refractivity contribution in [1.82, 2.24) is 9.97 Å². The predicted octanol–water partition coefficient (Wildman–Crippen LogP) is 2.92. The van der Waals surface area contributed by atoms with E-state index in [9.17, 15) is 14.9 Å². The Morgan fingerprint density at radius 3 is 2.90 bits per heavy atom. The van der Waals surface area contributed by atoms with E-state index in [4.69, 9.17) is 0 Å². The molecule has 1 aromatic heterocycles. The zero-order chi connectivity index (χ0) is 15.2. The second-order valence-corrected chi connectivity index (χ2v) is 5.47. The molecule has 0 saturated carbocycles. The summed E-state index contributed by atoms with van der Waals surface area (Å²) < 4.78 is 0. The number of H-pyrrole nitrogens is 1. The molecule has 110 valence electrons. The number of nitro benzene ring substituents is 1. The Labute approximate surface area is 125 Å². The lowest BCUT2D eigenvalue weighted by molar-refractivity contribution is -0.384. The van der Waals surface area contributed by atoms with Crippen molar-refractivity contribution in [3.05, 3.63) is 62.1 Å². The van der Waals surface area contributed by atoms with Gasteiger partial charge in [0.2, 0.25) is 0 Å². The summed E-state index contributed by atoms with van der Waals surface area (Å²) in [4.78, 5) is 28.9. The molecule has 0 aliphatic rings. The van der Waals surface area contributed by atoms with Crippen molar-refractivity contribution in [1.29, 1.82) is 0 Å². The van der Waals surface area contributed by atoms with Crippen LogP contribution in [0, 0.1) is 10.1 Å². The second-order valence-electron chi connectivity index (χ2n) is 4.51. The molecule has 0 aliphatic carbocycles. The maximum Gasteiger partial charge on any atom is 0.269 e. The van der Waals surface area contributed by atoms with Crippen molar-refractivity contribution < 1.29 is 4.92 Å². The molecule has 0 radical (unpaired) electrons. The molecular weight excluding hydrogens is 290 g/mol. The van der Waals surface area contributed by atoms with Gasteiger partial charge in [0.25, 0.3) is 11.2 Å². The third-order valence-electron chi connectivity index (χ3n) is 2.78. The molecule has 0 fully saturated rings. The SMILES string of the molecule is CCCc1cc(=O)[nH]c(SCc2cccc([N+](=O)[O-])c2)n1. The van der Waals surface area contributed by atoms with E-state index in [0.29, 0.717) is 10.9 Å². The average Bonchev–Trinajstić information content (AvgIpc) is 2.45. The van der Waals surface area contributed by atoms with Crippen LogP contribution in [0.3, 0.4) is 0 Å². The Morgan fingerprint density at radius 1 is 1.38 bits per heavy atom. The van der Waals surface area contributed by atoms with E-state index in [2.05, 4.69) is 9.97 Å². The number of aryl methyl sites for hydroxylation is 1. The molecule has 0 atom stereocenters.